The van der Waals surface area contributed by atoms with E-state index in [1.54, 1.807) is 6.08 Å². The Morgan fingerprint density at radius 3 is 2.75 bits per heavy atom. The molecule has 12 heavy (non-hydrogen) atoms. The predicted molar refractivity (Wildman–Crippen MR) is 46.1 cm³/mol. The van der Waals surface area contributed by atoms with Crippen molar-refractivity contribution in [2.24, 2.45) is 0 Å². The molecule has 70 valence electrons. The highest BCUT2D eigenvalue weighted by Crippen LogP contribution is 1.90. The van der Waals surface area contributed by atoms with Gasteiger partial charge in [-0.05, 0) is 6.92 Å². The highest BCUT2D eigenvalue weighted by molar-refractivity contribution is 5.73. The SMILES string of the molecule is C=CC(C)NC(COC)C(=O)O. The second-order valence-electron chi connectivity index (χ2n) is 2.54. The molecule has 0 radical (unpaired) electrons. The molecule has 0 saturated carbocycles. The number of hydrogen-bond acceptors (Lipinski definition) is 3. The Morgan fingerprint density at radius 1 is 1.83 bits per heavy atom. The average molecular weight is 173 g/mol. The lowest BCUT2D eigenvalue weighted by Crippen LogP contribution is -2.44. The Labute approximate surface area is 72.2 Å². The van der Waals surface area contributed by atoms with Crippen molar-refractivity contribution < 1.29 is 14.6 Å². The van der Waals surface area contributed by atoms with Gasteiger partial charge in [0.05, 0.1) is 6.61 Å². The molecule has 0 amide bonds. The number of carboxylic acids is 1. The highest BCUT2D eigenvalue weighted by atomic mass is 16.5. The molecular weight excluding hydrogens is 158 g/mol. The molecule has 0 rings (SSSR count). The molecule has 0 heterocycles. The monoisotopic (exact) mass is 173 g/mol. The summed E-state index contributed by atoms with van der Waals surface area (Å²) < 4.78 is 4.73. The number of aliphatic carboxylic acids is 1. The fraction of sp³-hybridized carbons (Fsp3) is 0.625. The summed E-state index contributed by atoms with van der Waals surface area (Å²) in [4.78, 5) is 10.6. The van der Waals surface area contributed by atoms with Crippen LogP contribution in [0.15, 0.2) is 12.7 Å². The van der Waals surface area contributed by atoms with Crippen molar-refractivity contribution in [3.8, 4) is 0 Å². The predicted octanol–water partition coefficient (Wildman–Crippen LogP) is 0.250. The molecule has 0 bridgehead atoms. The van der Waals surface area contributed by atoms with Crippen LogP contribution < -0.4 is 5.32 Å². The zero-order chi connectivity index (χ0) is 9.56. The van der Waals surface area contributed by atoms with Crippen LogP contribution in [-0.4, -0.2) is 36.9 Å². The third kappa shape index (κ3) is 4.10. The summed E-state index contributed by atoms with van der Waals surface area (Å²) >= 11 is 0. The van der Waals surface area contributed by atoms with E-state index in [9.17, 15) is 4.79 Å². The number of hydrogen-bond donors (Lipinski definition) is 2. The third-order valence-electron chi connectivity index (χ3n) is 1.45. The summed E-state index contributed by atoms with van der Waals surface area (Å²) in [5.41, 5.74) is 0. The van der Waals surface area contributed by atoms with Gasteiger partial charge in [0.1, 0.15) is 6.04 Å². The summed E-state index contributed by atoms with van der Waals surface area (Å²) in [5, 5.41) is 11.5. The van der Waals surface area contributed by atoms with Gasteiger partial charge in [-0.3, -0.25) is 10.1 Å². The minimum atomic E-state index is -0.912. The summed E-state index contributed by atoms with van der Waals surface area (Å²) in [7, 11) is 1.47. The molecule has 0 aromatic rings. The molecule has 2 N–H and O–H groups in total. The first-order valence-electron chi connectivity index (χ1n) is 3.72. The Balaban J connectivity index is 3.94. The summed E-state index contributed by atoms with van der Waals surface area (Å²) in [6, 6.07) is -0.691. The Bertz CT molecular complexity index is 158. The maximum absolute atomic E-state index is 10.6. The van der Waals surface area contributed by atoms with E-state index in [4.69, 9.17) is 9.84 Å². The van der Waals surface area contributed by atoms with Gasteiger partial charge in [-0.15, -0.1) is 6.58 Å². The molecule has 0 aliphatic carbocycles. The Hall–Kier alpha value is -0.870. The molecule has 0 aromatic carbocycles. The van der Waals surface area contributed by atoms with Gasteiger partial charge in [0, 0.05) is 13.2 Å². The minimum absolute atomic E-state index is 0.0266. The first-order valence-corrected chi connectivity index (χ1v) is 3.72. The number of methoxy groups -OCH3 is 1. The van der Waals surface area contributed by atoms with E-state index in [-0.39, 0.29) is 12.6 Å². The van der Waals surface area contributed by atoms with Gasteiger partial charge in [-0.2, -0.15) is 0 Å². The molecule has 0 fully saturated rings. The standard InChI is InChI=1S/C8H15NO3/c1-4-6(2)9-7(5-12-3)8(10)11/h4,6-7,9H,1,5H2,2-3H3,(H,10,11). The number of nitrogens with one attached hydrogen (secondary N) is 1. The van der Waals surface area contributed by atoms with Crippen molar-refractivity contribution in [2.45, 2.75) is 19.0 Å². The lowest BCUT2D eigenvalue weighted by Gasteiger charge is -2.16. The van der Waals surface area contributed by atoms with Gasteiger partial charge < -0.3 is 9.84 Å². The van der Waals surface area contributed by atoms with E-state index in [1.165, 1.54) is 7.11 Å². The minimum Gasteiger partial charge on any atom is -0.480 e. The quantitative estimate of drug-likeness (QED) is 0.565. The molecule has 0 spiro atoms. The third-order valence-corrected chi connectivity index (χ3v) is 1.45. The fourth-order valence-electron chi connectivity index (χ4n) is 0.743. The fourth-order valence-corrected chi connectivity index (χ4v) is 0.743. The van der Waals surface area contributed by atoms with Crippen LogP contribution in [0.3, 0.4) is 0 Å². The van der Waals surface area contributed by atoms with Gasteiger partial charge in [-0.25, -0.2) is 0 Å². The smallest absolute Gasteiger partial charge is 0.323 e. The van der Waals surface area contributed by atoms with Crippen LogP contribution in [0, 0.1) is 0 Å². The van der Waals surface area contributed by atoms with Crippen LogP contribution in [0.5, 0.6) is 0 Å². The van der Waals surface area contributed by atoms with Crippen molar-refractivity contribution in [3.05, 3.63) is 12.7 Å². The van der Waals surface area contributed by atoms with E-state index in [2.05, 4.69) is 11.9 Å². The number of ether oxygens (including phenoxy) is 1. The molecule has 0 aliphatic rings. The maximum atomic E-state index is 10.6. The summed E-state index contributed by atoms with van der Waals surface area (Å²) in [6.07, 6.45) is 1.64. The molecule has 0 aliphatic heterocycles. The van der Waals surface area contributed by atoms with Crippen LogP contribution in [0.2, 0.25) is 0 Å². The largest absolute Gasteiger partial charge is 0.480 e. The average Bonchev–Trinajstić information content (AvgIpc) is 2.03. The van der Waals surface area contributed by atoms with E-state index in [0.717, 1.165) is 0 Å². The first kappa shape index (κ1) is 11.1. The van der Waals surface area contributed by atoms with Crippen LogP contribution in [-0.2, 0) is 9.53 Å². The van der Waals surface area contributed by atoms with Crippen molar-refractivity contribution in [2.75, 3.05) is 13.7 Å². The lowest BCUT2D eigenvalue weighted by molar-refractivity contribution is -0.141. The van der Waals surface area contributed by atoms with Crippen molar-refractivity contribution >= 4 is 5.97 Å². The van der Waals surface area contributed by atoms with Gasteiger partial charge in [0.25, 0.3) is 0 Å². The van der Waals surface area contributed by atoms with E-state index < -0.39 is 12.0 Å². The number of rotatable bonds is 6. The van der Waals surface area contributed by atoms with E-state index in [0.29, 0.717) is 0 Å². The highest BCUT2D eigenvalue weighted by Gasteiger charge is 2.17. The zero-order valence-electron chi connectivity index (χ0n) is 7.41. The van der Waals surface area contributed by atoms with Crippen LogP contribution in [0.4, 0.5) is 0 Å². The van der Waals surface area contributed by atoms with Crippen molar-refractivity contribution in [1.82, 2.24) is 5.32 Å². The van der Waals surface area contributed by atoms with E-state index >= 15 is 0 Å². The first-order chi connectivity index (χ1) is 5.61. The van der Waals surface area contributed by atoms with Gasteiger partial charge in [-0.1, -0.05) is 6.08 Å². The number of carboxylic acid groups (broad SMARTS) is 1. The lowest BCUT2D eigenvalue weighted by atomic mass is 10.2. The molecule has 4 nitrogen and oxygen atoms in total. The van der Waals surface area contributed by atoms with Crippen LogP contribution in [0.25, 0.3) is 0 Å². The van der Waals surface area contributed by atoms with Gasteiger partial charge in [0.15, 0.2) is 0 Å². The normalized spacial score (nSPS) is 15.2. The zero-order valence-corrected chi connectivity index (χ0v) is 7.41. The second kappa shape index (κ2) is 5.74. The molecule has 2 atom stereocenters. The van der Waals surface area contributed by atoms with Gasteiger partial charge >= 0.3 is 5.97 Å². The van der Waals surface area contributed by atoms with Crippen molar-refractivity contribution in [3.63, 3.8) is 0 Å². The Kier molecular flexibility index (Phi) is 5.32. The summed E-state index contributed by atoms with van der Waals surface area (Å²) in [6.45, 7) is 5.53. The molecule has 2 unspecified atom stereocenters. The molecule has 0 saturated heterocycles. The van der Waals surface area contributed by atoms with E-state index in [1.807, 2.05) is 6.92 Å². The van der Waals surface area contributed by atoms with Crippen molar-refractivity contribution in [1.29, 1.82) is 0 Å². The van der Waals surface area contributed by atoms with Crippen LogP contribution in [0.1, 0.15) is 6.92 Å². The topological polar surface area (TPSA) is 58.6 Å². The molecule has 4 heteroatoms. The second-order valence-corrected chi connectivity index (χ2v) is 2.54. The molecule has 0 aromatic heterocycles. The van der Waals surface area contributed by atoms with Crippen LogP contribution >= 0.6 is 0 Å². The maximum Gasteiger partial charge on any atom is 0.323 e. The van der Waals surface area contributed by atoms with Gasteiger partial charge in [0.2, 0.25) is 0 Å². The molecular formula is C8H15NO3. The number of carbonyl (C=O) groups is 1. The Morgan fingerprint density at radius 2 is 2.42 bits per heavy atom. The summed E-state index contributed by atoms with van der Waals surface area (Å²) in [5.74, 6) is -0.912.